The summed E-state index contributed by atoms with van der Waals surface area (Å²) in [6.07, 6.45) is 0. The Morgan fingerprint density at radius 2 is 1.76 bits per heavy atom. The summed E-state index contributed by atoms with van der Waals surface area (Å²) in [7, 11) is 0. The van der Waals surface area contributed by atoms with Crippen LogP contribution in [0.2, 0.25) is 0 Å². The Bertz CT molecular complexity index is 429. The summed E-state index contributed by atoms with van der Waals surface area (Å²) in [6, 6.07) is 8.27. The molecule has 1 rings (SSSR count). The van der Waals surface area contributed by atoms with Crippen LogP contribution in [0.4, 0.5) is 0 Å². The Hall–Kier alpha value is -1.55. The second kappa shape index (κ2) is 8.67. The molecule has 2 N–H and O–H groups in total. The van der Waals surface area contributed by atoms with Crippen molar-refractivity contribution in [2.75, 3.05) is 13.2 Å². The molecule has 0 spiro atoms. The van der Waals surface area contributed by atoms with E-state index in [1.807, 2.05) is 45.0 Å². The SMILES string of the molecule is Cc1ccc(OCC(C)NCC(=O)NC(C)C(C)C)cc1. The zero-order valence-electron chi connectivity index (χ0n) is 13.8. The summed E-state index contributed by atoms with van der Waals surface area (Å²) in [5, 5.41) is 6.14. The number of nitrogens with one attached hydrogen (secondary N) is 2. The van der Waals surface area contributed by atoms with Gasteiger partial charge >= 0.3 is 0 Å². The lowest BCUT2D eigenvalue weighted by Gasteiger charge is -2.19. The fourth-order valence-electron chi connectivity index (χ4n) is 1.65. The van der Waals surface area contributed by atoms with E-state index in [0.717, 1.165) is 5.75 Å². The van der Waals surface area contributed by atoms with E-state index in [2.05, 4.69) is 24.5 Å². The van der Waals surface area contributed by atoms with Crippen LogP contribution < -0.4 is 15.4 Å². The van der Waals surface area contributed by atoms with Gasteiger partial charge in [-0.25, -0.2) is 0 Å². The third-order valence-corrected chi connectivity index (χ3v) is 3.52. The Balaban J connectivity index is 2.23. The summed E-state index contributed by atoms with van der Waals surface area (Å²) in [5.74, 6) is 1.32. The van der Waals surface area contributed by atoms with Gasteiger partial charge in [-0.1, -0.05) is 31.5 Å². The highest BCUT2D eigenvalue weighted by Gasteiger charge is 2.11. The van der Waals surface area contributed by atoms with Gasteiger partial charge in [-0.05, 0) is 38.8 Å². The van der Waals surface area contributed by atoms with Crippen LogP contribution in [0.25, 0.3) is 0 Å². The predicted molar refractivity (Wildman–Crippen MR) is 86.6 cm³/mol. The standard InChI is InChI=1S/C17H28N2O2/c1-12(2)15(5)19-17(20)10-18-14(4)11-21-16-8-6-13(3)7-9-16/h6-9,12,14-15,18H,10-11H2,1-5H3,(H,19,20). The minimum absolute atomic E-state index is 0.0263. The highest BCUT2D eigenvalue weighted by atomic mass is 16.5. The minimum atomic E-state index is 0.0263. The van der Waals surface area contributed by atoms with Gasteiger partial charge in [-0.3, -0.25) is 4.79 Å². The van der Waals surface area contributed by atoms with Crippen molar-refractivity contribution in [3.05, 3.63) is 29.8 Å². The number of benzene rings is 1. The van der Waals surface area contributed by atoms with Crippen molar-refractivity contribution >= 4 is 5.91 Å². The number of hydrogen-bond donors (Lipinski definition) is 2. The normalized spacial score (nSPS) is 13.8. The molecule has 0 aromatic heterocycles. The van der Waals surface area contributed by atoms with Crippen LogP contribution in [-0.4, -0.2) is 31.1 Å². The molecule has 0 saturated heterocycles. The highest BCUT2D eigenvalue weighted by molar-refractivity contribution is 5.78. The number of carbonyl (C=O) groups excluding carboxylic acids is 1. The first kappa shape index (κ1) is 17.5. The highest BCUT2D eigenvalue weighted by Crippen LogP contribution is 2.11. The number of hydrogen-bond acceptors (Lipinski definition) is 3. The third kappa shape index (κ3) is 7.14. The summed E-state index contributed by atoms with van der Waals surface area (Å²) < 4.78 is 5.68. The van der Waals surface area contributed by atoms with Crippen LogP contribution >= 0.6 is 0 Å². The lowest BCUT2D eigenvalue weighted by Crippen LogP contribution is -2.44. The zero-order chi connectivity index (χ0) is 15.8. The van der Waals surface area contributed by atoms with Crippen molar-refractivity contribution in [2.24, 2.45) is 5.92 Å². The van der Waals surface area contributed by atoms with Gasteiger partial charge in [-0.2, -0.15) is 0 Å². The van der Waals surface area contributed by atoms with Crippen molar-refractivity contribution in [3.8, 4) is 5.75 Å². The molecule has 21 heavy (non-hydrogen) atoms. The molecular formula is C17H28N2O2. The van der Waals surface area contributed by atoms with Crippen LogP contribution in [0, 0.1) is 12.8 Å². The van der Waals surface area contributed by atoms with Crippen molar-refractivity contribution in [2.45, 2.75) is 46.7 Å². The number of aryl methyl sites for hydroxylation is 1. The molecule has 0 saturated carbocycles. The van der Waals surface area contributed by atoms with E-state index < -0.39 is 0 Å². The number of ether oxygens (including phenoxy) is 1. The molecule has 0 aliphatic rings. The molecule has 0 aliphatic heterocycles. The van der Waals surface area contributed by atoms with E-state index in [4.69, 9.17) is 4.74 Å². The average molecular weight is 292 g/mol. The first-order valence-electron chi connectivity index (χ1n) is 7.60. The molecule has 2 unspecified atom stereocenters. The van der Waals surface area contributed by atoms with E-state index in [9.17, 15) is 4.79 Å². The quantitative estimate of drug-likeness (QED) is 0.774. The predicted octanol–water partition coefficient (Wildman–Crippen LogP) is 2.51. The van der Waals surface area contributed by atoms with Crippen molar-refractivity contribution in [1.29, 1.82) is 0 Å². The Labute approximate surface area is 128 Å². The first-order valence-corrected chi connectivity index (χ1v) is 7.60. The van der Waals surface area contributed by atoms with Gasteiger partial charge in [-0.15, -0.1) is 0 Å². The average Bonchev–Trinajstić information content (AvgIpc) is 2.44. The molecule has 1 aromatic carbocycles. The molecule has 0 fully saturated rings. The van der Waals surface area contributed by atoms with Gasteiger partial charge in [0.25, 0.3) is 0 Å². The van der Waals surface area contributed by atoms with Crippen LogP contribution in [0.3, 0.4) is 0 Å². The molecule has 2 atom stereocenters. The maximum atomic E-state index is 11.8. The molecule has 0 heterocycles. The van der Waals surface area contributed by atoms with Crippen molar-refractivity contribution in [1.82, 2.24) is 10.6 Å². The van der Waals surface area contributed by atoms with Gasteiger partial charge in [0.1, 0.15) is 12.4 Å². The second-order valence-electron chi connectivity index (χ2n) is 6.01. The summed E-state index contributed by atoms with van der Waals surface area (Å²) in [6.45, 7) is 11.1. The van der Waals surface area contributed by atoms with E-state index >= 15 is 0 Å². The van der Waals surface area contributed by atoms with Crippen LogP contribution in [0.1, 0.15) is 33.3 Å². The van der Waals surface area contributed by atoms with Crippen LogP contribution in [0.5, 0.6) is 5.75 Å². The first-order chi connectivity index (χ1) is 9.88. The summed E-state index contributed by atoms with van der Waals surface area (Å²) in [5.41, 5.74) is 1.21. The second-order valence-corrected chi connectivity index (χ2v) is 6.01. The third-order valence-electron chi connectivity index (χ3n) is 3.52. The molecule has 4 nitrogen and oxygen atoms in total. The largest absolute Gasteiger partial charge is 0.492 e. The van der Waals surface area contributed by atoms with Crippen LogP contribution in [0.15, 0.2) is 24.3 Å². The Morgan fingerprint density at radius 3 is 2.33 bits per heavy atom. The smallest absolute Gasteiger partial charge is 0.234 e. The van der Waals surface area contributed by atoms with Crippen molar-refractivity contribution in [3.63, 3.8) is 0 Å². The molecule has 0 bridgehead atoms. The topological polar surface area (TPSA) is 50.4 Å². The number of carbonyl (C=O) groups is 1. The molecule has 118 valence electrons. The molecule has 4 heteroatoms. The van der Waals surface area contributed by atoms with E-state index in [1.165, 1.54) is 5.56 Å². The van der Waals surface area contributed by atoms with Gasteiger partial charge < -0.3 is 15.4 Å². The molecule has 0 radical (unpaired) electrons. The van der Waals surface area contributed by atoms with Crippen LogP contribution in [-0.2, 0) is 4.79 Å². The lowest BCUT2D eigenvalue weighted by molar-refractivity contribution is -0.121. The maximum Gasteiger partial charge on any atom is 0.234 e. The molecular weight excluding hydrogens is 264 g/mol. The maximum absolute atomic E-state index is 11.8. The number of rotatable bonds is 8. The summed E-state index contributed by atoms with van der Waals surface area (Å²) in [4.78, 5) is 11.8. The fraction of sp³-hybridized carbons (Fsp3) is 0.588. The molecule has 0 aliphatic carbocycles. The monoisotopic (exact) mass is 292 g/mol. The van der Waals surface area contributed by atoms with Gasteiger partial charge in [0.2, 0.25) is 5.91 Å². The van der Waals surface area contributed by atoms with Gasteiger partial charge in [0.05, 0.1) is 6.54 Å². The van der Waals surface area contributed by atoms with E-state index in [1.54, 1.807) is 0 Å². The number of amides is 1. The molecule has 1 amide bonds. The zero-order valence-corrected chi connectivity index (χ0v) is 13.8. The van der Waals surface area contributed by atoms with E-state index in [0.29, 0.717) is 19.1 Å². The fourth-order valence-corrected chi connectivity index (χ4v) is 1.65. The van der Waals surface area contributed by atoms with Crippen molar-refractivity contribution < 1.29 is 9.53 Å². The molecule has 1 aromatic rings. The van der Waals surface area contributed by atoms with Gasteiger partial charge in [0, 0.05) is 12.1 Å². The van der Waals surface area contributed by atoms with E-state index in [-0.39, 0.29) is 18.0 Å². The Kier molecular flexibility index (Phi) is 7.23. The Morgan fingerprint density at radius 1 is 1.14 bits per heavy atom. The lowest BCUT2D eigenvalue weighted by atomic mass is 10.1. The summed E-state index contributed by atoms with van der Waals surface area (Å²) >= 11 is 0. The van der Waals surface area contributed by atoms with Gasteiger partial charge in [0.15, 0.2) is 0 Å². The minimum Gasteiger partial charge on any atom is -0.492 e.